The third-order valence-electron chi connectivity index (χ3n) is 3.34. The third-order valence-corrected chi connectivity index (χ3v) is 3.34. The minimum absolute atomic E-state index is 0.420. The molecular formula is C13H19N5. The Kier molecular flexibility index (Phi) is 4.48. The van der Waals surface area contributed by atoms with Crippen molar-refractivity contribution in [3.8, 4) is 6.07 Å². The Morgan fingerprint density at radius 1 is 1.50 bits per heavy atom. The van der Waals surface area contributed by atoms with Crippen LogP contribution in [0.2, 0.25) is 0 Å². The smallest absolute Gasteiger partial charge is 0.183 e. The van der Waals surface area contributed by atoms with Crippen molar-refractivity contribution in [1.29, 1.82) is 5.26 Å². The van der Waals surface area contributed by atoms with Gasteiger partial charge in [0.1, 0.15) is 6.07 Å². The highest BCUT2D eigenvalue weighted by Crippen LogP contribution is 2.18. The van der Waals surface area contributed by atoms with Crippen LogP contribution in [0.15, 0.2) is 12.4 Å². The molecule has 96 valence electrons. The number of nitrogens with zero attached hydrogens (tertiary/aromatic N) is 4. The lowest BCUT2D eigenvalue weighted by Crippen LogP contribution is -2.39. The Morgan fingerprint density at radius 2 is 2.33 bits per heavy atom. The predicted molar refractivity (Wildman–Crippen MR) is 70.2 cm³/mol. The van der Waals surface area contributed by atoms with E-state index >= 15 is 0 Å². The van der Waals surface area contributed by atoms with Crippen molar-refractivity contribution >= 4 is 5.82 Å². The first-order valence-electron chi connectivity index (χ1n) is 6.52. The van der Waals surface area contributed by atoms with Crippen LogP contribution in [-0.4, -0.2) is 36.1 Å². The van der Waals surface area contributed by atoms with E-state index in [4.69, 9.17) is 5.26 Å². The van der Waals surface area contributed by atoms with E-state index in [1.807, 2.05) is 0 Å². The number of piperidine rings is 1. The number of aromatic nitrogens is 2. The monoisotopic (exact) mass is 245 g/mol. The van der Waals surface area contributed by atoms with Crippen LogP contribution in [0.25, 0.3) is 0 Å². The van der Waals surface area contributed by atoms with Crippen LogP contribution in [0.3, 0.4) is 0 Å². The molecule has 1 aliphatic heterocycles. The number of hydrogen-bond donors (Lipinski definition) is 1. The second kappa shape index (κ2) is 6.31. The van der Waals surface area contributed by atoms with Gasteiger partial charge in [0, 0.05) is 25.5 Å². The van der Waals surface area contributed by atoms with E-state index in [0.29, 0.717) is 17.4 Å². The minimum atomic E-state index is 0.420. The number of nitrogens with one attached hydrogen (secondary N) is 1. The van der Waals surface area contributed by atoms with Crippen molar-refractivity contribution in [2.24, 2.45) is 5.92 Å². The zero-order chi connectivity index (χ0) is 12.8. The lowest BCUT2D eigenvalue weighted by molar-refractivity contribution is 0.377. The Labute approximate surface area is 108 Å². The van der Waals surface area contributed by atoms with Gasteiger partial charge >= 0.3 is 0 Å². The number of nitriles is 1. The average Bonchev–Trinajstić information content (AvgIpc) is 2.46. The first kappa shape index (κ1) is 12.8. The maximum Gasteiger partial charge on any atom is 0.183 e. The summed E-state index contributed by atoms with van der Waals surface area (Å²) in [5.74, 6) is 1.35. The van der Waals surface area contributed by atoms with Crippen LogP contribution in [0.1, 0.15) is 25.5 Å². The zero-order valence-corrected chi connectivity index (χ0v) is 10.8. The van der Waals surface area contributed by atoms with Crippen molar-refractivity contribution in [1.82, 2.24) is 15.3 Å². The van der Waals surface area contributed by atoms with Gasteiger partial charge < -0.3 is 10.2 Å². The molecule has 1 saturated heterocycles. The molecule has 5 heteroatoms. The van der Waals surface area contributed by atoms with Crippen molar-refractivity contribution < 1.29 is 0 Å². The van der Waals surface area contributed by atoms with E-state index in [0.717, 1.165) is 26.2 Å². The molecule has 0 radical (unpaired) electrons. The molecule has 1 aromatic heterocycles. The molecule has 1 aromatic rings. The molecule has 5 nitrogen and oxygen atoms in total. The minimum Gasteiger partial charge on any atom is -0.354 e. The van der Waals surface area contributed by atoms with Crippen LogP contribution in [0, 0.1) is 17.2 Å². The summed E-state index contributed by atoms with van der Waals surface area (Å²) < 4.78 is 0. The van der Waals surface area contributed by atoms with Gasteiger partial charge in [-0.3, -0.25) is 0 Å². The summed E-state index contributed by atoms with van der Waals surface area (Å²) in [6, 6.07) is 2.12. The Morgan fingerprint density at radius 3 is 3.00 bits per heavy atom. The largest absolute Gasteiger partial charge is 0.354 e. The summed E-state index contributed by atoms with van der Waals surface area (Å²) in [5.41, 5.74) is 0.420. The summed E-state index contributed by atoms with van der Waals surface area (Å²) in [4.78, 5) is 10.5. The first-order valence-corrected chi connectivity index (χ1v) is 6.52. The third kappa shape index (κ3) is 2.96. The van der Waals surface area contributed by atoms with E-state index in [2.05, 4.69) is 33.2 Å². The quantitative estimate of drug-likeness (QED) is 0.862. The maximum absolute atomic E-state index is 9.08. The molecule has 0 amide bonds. The van der Waals surface area contributed by atoms with Gasteiger partial charge in [-0.1, -0.05) is 0 Å². The molecule has 0 aromatic carbocycles. The molecule has 1 N–H and O–H groups in total. The number of anilines is 1. The van der Waals surface area contributed by atoms with Crippen LogP contribution in [-0.2, 0) is 0 Å². The fourth-order valence-electron chi connectivity index (χ4n) is 2.40. The van der Waals surface area contributed by atoms with Gasteiger partial charge in [0.25, 0.3) is 0 Å². The number of rotatable bonds is 4. The second-order valence-electron chi connectivity index (χ2n) is 4.59. The lowest BCUT2D eigenvalue weighted by Gasteiger charge is -2.30. The molecule has 1 unspecified atom stereocenters. The maximum atomic E-state index is 9.08. The summed E-state index contributed by atoms with van der Waals surface area (Å²) in [6.07, 6.45) is 5.69. The molecule has 1 fully saturated rings. The van der Waals surface area contributed by atoms with Gasteiger partial charge in [0.2, 0.25) is 0 Å². The van der Waals surface area contributed by atoms with Gasteiger partial charge in [-0.2, -0.15) is 5.26 Å². The molecule has 1 aliphatic rings. The van der Waals surface area contributed by atoms with E-state index in [1.165, 1.54) is 12.8 Å². The van der Waals surface area contributed by atoms with E-state index < -0.39 is 0 Å². The summed E-state index contributed by atoms with van der Waals surface area (Å²) >= 11 is 0. The molecule has 1 atom stereocenters. The summed E-state index contributed by atoms with van der Waals surface area (Å²) in [5, 5.41) is 12.5. The van der Waals surface area contributed by atoms with Crippen molar-refractivity contribution in [2.45, 2.75) is 19.8 Å². The number of hydrogen-bond acceptors (Lipinski definition) is 5. The molecule has 2 rings (SSSR count). The van der Waals surface area contributed by atoms with E-state index in [1.54, 1.807) is 12.4 Å². The lowest BCUT2D eigenvalue weighted by atomic mass is 9.99. The van der Waals surface area contributed by atoms with Crippen molar-refractivity contribution in [3.63, 3.8) is 0 Å². The highest BCUT2D eigenvalue weighted by atomic mass is 15.2. The van der Waals surface area contributed by atoms with Crippen LogP contribution >= 0.6 is 0 Å². The van der Waals surface area contributed by atoms with Gasteiger partial charge in [0.15, 0.2) is 11.5 Å². The molecule has 0 spiro atoms. The Balaban J connectivity index is 2.10. The van der Waals surface area contributed by atoms with Crippen molar-refractivity contribution in [2.75, 3.05) is 31.1 Å². The summed E-state index contributed by atoms with van der Waals surface area (Å²) in [7, 11) is 0. The molecular weight excluding hydrogens is 226 g/mol. The van der Waals surface area contributed by atoms with Crippen LogP contribution in [0.5, 0.6) is 0 Å². The highest BCUT2D eigenvalue weighted by molar-refractivity contribution is 5.49. The average molecular weight is 245 g/mol. The summed E-state index contributed by atoms with van der Waals surface area (Å²) in [6.45, 7) is 6.06. The predicted octanol–water partition coefficient (Wildman–Crippen LogP) is 1.17. The zero-order valence-electron chi connectivity index (χ0n) is 10.8. The van der Waals surface area contributed by atoms with Crippen LogP contribution in [0.4, 0.5) is 5.82 Å². The van der Waals surface area contributed by atoms with Crippen LogP contribution < -0.4 is 10.2 Å². The standard InChI is InChI=1S/C13H19N5/c1-2-18(10-11-4-3-5-15-9-11)13-12(8-14)16-6-7-17-13/h6-7,11,15H,2-5,9-10H2,1H3. The van der Waals surface area contributed by atoms with E-state index in [9.17, 15) is 0 Å². The highest BCUT2D eigenvalue weighted by Gasteiger charge is 2.19. The molecule has 2 heterocycles. The normalized spacial score (nSPS) is 19.2. The first-order chi connectivity index (χ1) is 8.85. The second-order valence-corrected chi connectivity index (χ2v) is 4.59. The van der Waals surface area contributed by atoms with Gasteiger partial charge in [-0.25, -0.2) is 9.97 Å². The van der Waals surface area contributed by atoms with Gasteiger partial charge in [-0.15, -0.1) is 0 Å². The molecule has 18 heavy (non-hydrogen) atoms. The molecule has 0 bridgehead atoms. The molecule has 0 aliphatic carbocycles. The van der Waals surface area contributed by atoms with Gasteiger partial charge in [0.05, 0.1) is 0 Å². The molecule has 0 saturated carbocycles. The topological polar surface area (TPSA) is 64.8 Å². The Hall–Kier alpha value is -1.67. The van der Waals surface area contributed by atoms with Crippen molar-refractivity contribution in [3.05, 3.63) is 18.1 Å². The van der Waals surface area contributed by atoms with E-state index in [-0.39, 0.29) is 0 Å². The Bertz CT molecular complexity index is 420. The fourth-order valence-corrected chi connectivity index (χ4v) is 2.40. The van der Waals surface area contributed by atoms with Gasteiger partial charge in [-0.05, 0) is 38.8 Å². The SMILES string of the molecule is CCN(CC1CCCNC1)c1nccnc1C#N. The fraction of sp³-hybridized carbons (Fsp3) is 0.615.